The molecule has 0 N–H and O–H groups in total. The molecule has 9 rings (SSSR count). The lowest BCUT2D eigenvalue weighted by molar-refractivity contribution is 1.61. The van der Waals surface area contributed by atoms with Crippen molar-refractivity contribution in [1.82, 2.24) is 0 Å². The highest BCUT2D eigenvalue weighted by molar-refractivity contribution is 6.21. The third-order valence-corrected chi connectivity index (χ3v) is 9.91. The van der Waals surface area contributed by atoms with Crippen LogP contribution in [0.4, 0.5) is 0 Å². The number of hydrogen-bond acceptors (Lipinski definition) is 0. The van der Waals surface area contributed by atoms with Gasteiger partial charge in [0.15, 0.2) is 0 Å². The Morgan fingerprint density at radius 1 is 0.240 bits per heavy atom. The Labute approximate surface area is 293 Å². The molecular weight excluding hydrogens is 601 g/mol. The summed E-state index contributed by atoms with van der Waals surface area (Å²) in [7, 11) is 0. The summed E-state index contributed by atoms with van der Waals surface area (Å²) >= 11 is 0. The number of rotatable bonds is 6. The van der Waals surface area contributed by atoms with Gasteiger partial charge in [-0.15, -0.1) is 0 Å². The molecule has 0 nitrogen and oxygen atoms in total. The maximum atomic E-state index is 2.28. The largest absolute Gasteiger partial charge is 0.0622 e. The summed E-state index contributed by atoms with van der Waals surface area (Å²) in [6.07, 6.45) is 4.47. The molecule has 0 unspecified atom stereocenters. The molecule has 0 bridgehead atoms. The molecule has 0 aromatic heterocycles. The average Bonchev–Trinajstić information content (AvgIpc) is 3.20. The maximum absolute atomic E-state index is 2.28. The van der Waals surface area contributed by atoms with Crippen LogP contribution in [0.3, 0.4) is 0 Å². The lowest BCUT2D eigenvalue weighted by atomic mass is 9.85. The molecule has 0 aliphatic carbocycles. The van der Waals surface area contributed by atoms with Gasteiger partial charge in [-0.2, -0.15) is 0 Å². The van der Waals surface area contributed by atoms with Crippen LogP contribution in [0.15, 0.2) is 194 Å². The van der Waals surface area contributed by atoms with Crippen molar-refractivity contribution in [1.29, 1.82) is 0 Å². The molecule has 50 heavy (non-hydrogen) atoms. The fourth-order valence-corrected chi connectivity index (χ4v) is 7.49. The van der Waals surface area contributed by atoms with Crippen LogP contribution in [0.2, 0.25) is 0 Å². The minimum atomic E-state index is 1.17. The summed E-state index contributed by atoms with van der Waals surface area (Å²) < 4.78 is 0. The third-order valence-electron chi connectivity index (χ3n) is 9.91. The topological polar surface area (TPSA) is 0 Å². The first-order valence-electron chi connectivity index (χ1n) is 17.3. The molecule has 0 amide bonds. The van der Waals surface area contributed by atoms with E-state index in [0.717, 1.165) is 0 Å². The van der Waals surface area contributed by atoms with Crippen LogP contribution in [-0.2, 0) is 0 Å². The molecule has 0 aliphatic heterocycles. The van der Waals surface area contributed by atoms with Crippen LogP contribution in [0, 0.1) is 0 Å². The summed E-state index contributed by atoms with van der Waals surface area (Å²) in [5, 5.41) is 7.59. The Kier molecular flexibility index (Phi) is 7.61. The molecule has 9 aromatic carbocycles. The van der Waals surface area contributed by atoms with E-state index in [1.807, 2.05) is 0 Å². The minimum absolute atomic E-state index is 1.17. The van der Waals surface area contributed by atoms with Gasteiger partial charge in [0, 0.05) is 0 Å². The van der Waals surface area contributed by atoms with Crippen molar-refractivity contribution in [3.63, 3.8) is 0 Å². The normalized spacial score (nSPS) is 11.5. The minimum Gasteiger partial charge on any atom is -0.0622 e. The molecule has 234 valence electrons. The van der Waals surface area contributed by atoms with E-state index in [1.54, 1.807) is 0 Å². The second kappa shape index (κ2) is 12.8. The van der Waals surface area contributed by atoms with Crippen LogP contribution in [0.5, 0.6) is 0 Å². The Balaban J connectivity index is 1.10. The Morgan fingerprint density at radius 3 is 1.18 bits per heavy atom. The van der Waals surface area contributed by atoms with E-state index >= 15 is 0 Å². The molecule has 0 aliphatic rings. The second-order valence-electron chi connectivity index (χ2n) is 12.9. The van der Waals surface area contributed by atoms with Crippen LogP contribution in [0.1, 0.15) is 11.1 Å². The zero-order valence-electron chi connectivity index (χ0n) is 27.6. The molecule has 0 heteroatoms. The zero-order valence-corrected chi connectivity index (χ0v) is 27.6. The van der Waals surface area contributed by atoms with E-state index in [0.29, 0.717) is 0 Å². The molecule has 0 spiro atoms. The van der Waals surface area contributed by atoms with Crippen molar-refractivity contribution in [2.24, 2.45) is 0 Å². The lowest BCUT2D eigenvalue weighted by Crippen LogP contribution is -1.91. The Hall–Kier alpha value is -6.50. The summed E-state index contributed by atoms with van der Waals surface area (Å²) in [4.78, 5) is 0. The van der Waals surface area contributed by atoms with Crippen LogP contribution in [0.25, 0.3) is 89.0 Å². The van der Waals surface area contributed by atoms with Gasteiger partial charge in [0.2, 0.25) is 0 Å². The fraction of sp³-hybridized carbons (Fsp3) is 0. The van der Waals surface area contributed by atoms with Crippen LogP contribution in [-0.4, -0.2) is 0 Å². The predicted octanol–water partition coefficient (Wildman–Crippen LogP) is 14.0. The first-order valence-corrected chi connectivity index (χ1v) is 17.3. The highest BCUT2D eigenvalue weighted by Crippen LogP contribution is 2.44. The van der Waals surface area contributed by atoms with E-state index in [2.05, 4.69) is 206 Å². The molecule has 0 fully saturated rings. The number of benzene rings is 9. The fourth-order valence-electron chi connectivity index (χ4n) is 7.49. The first kappa shape index (κ1) is 29.6. The van der Waals surface area contributed by atoms with Gasteiger partial charge in [0.25, 0.3) is 0 Å². The van der Waals surface area contributed by atoms with Gasteiger partial charge in [-0.05, 0) is 88.0 Å². The van der Waals surface area contributed by atoms with Crippen molar-refractivity contribution < 1.29 is 0 Å². The van der Waals surface area contributed by atoms with Crippen LogP contribution >= 0.6 is 0 Å². The van der Waals surface area contributed by atoms with Gasteiger partial charge in [-0.25, -0.2) is 0 Å². The molecule has 0 radical (unpaired) electrons. The van der Waals surface area contributed by atoms with Crippen molar-refractivity contribution in [2.45, 2.75) is 0 Å². The maximum Gasteiger partial charge on any atom is -0.00264 e. The van der Waals surface area contributed by atoms with Gasteiger partial charge in [0.05, 0.1) is 0 Å². The van der Waals surface area contributed by atoms with E-state index < -0.39 is 0 Å². The molecule has 0 atom stereocenters. The van der Waals surface area contributed by atoms with Gasteiger partial charge < -0.3 is 0 Å². The zero-order chi connectivity index (χ0) is 33.3. The van der Waals surface area contributed by atoms with Crippen molar-refractivity contribution in [2.75, 3.05) is 0 Å². The smallest absolute Gasteiger partial charge is 0.00264 e. The second-order valence-corrected chi connectivity index (χ2v) is 12.9. The van der Waals surface area contributed by atoms with E-state index in [9.17, 15) is 0 Å². The van der Waals surface area contributed by atoms with Crippen LogP contribution < -0.4 is 0 Å². The summed E-state index contributed by atoms with van der Waals surface area (Å²) in [6.45, 7) is 0. The highest BCUT2D eigenvalue weighted by atomic mass is 14.2. The first-order chi connectivity index (χ1) is 24.8. The summed E-state index contributed by atoms with van der Waals surface area (Å²) in [6, 6.07) is 70.2. The SMILES string of the molecule is C(=Cc1ccc(-c2ccccc2)c2ccccc12)c1ccc(-c2c3ccccc3c(-c3ccc(-c4ccccc4)cc3)c3ccccc23)cc1. The number of hydrogen-bond donors (Lipinski definition) is 0. The van der Waals surface area contributed by atoms with E-state index in [4.69, 9.17) is 0 Å². The number of fused-ring (bicyclic) bond motifs is 3. The van der Waals surface area contributed by atoms with Gasteiger partial charge in [0.1, 0.15) is 0 Å². The summed E-state index contributed by atoms with van der Waals surface area (Å²) in [5.74, 6) is 0. The van der Waals surface area contributed by atoms with Gasteiger partial charge >= 0.3 is 0 Å². The standard InChI is InChI=1S/C50H34/c1-3-13-36(14-4-1)37-29-31-41(32-30-37)50-47-21-11-9-19-45(47)49(46-20-10-12-22-48(46)50)40-27-24-35(25-28-40)23-26-39-33-34-43(38-15-5-2-6-16-38)44-18-8-7-17-42(39)44/h1-34H. The predicted molar refractivity (Wildman–Crippen MR) is 216 cm³/mol. The van der Waals surface area contributed by atoms with Crippen molar-refractivity contribution in [3.05, 3.63) is 205 Å². The highest BCUT2D eigenvalue weighted by Gasteiger charge is 2.16. The van der Waals surface area contributed by atoms with Crippen molar-refractivity contribution in [3.8, 4) is 44.5 Å². The molecule has 0 saturated carbocycles. The Bertz CT molecular complexity index is 2590. The molecule has 0 saturated heterocycles. The van der Waals surface area contributed by atoms with Gasteiger partial charge in [-0.3, -0.25) is 0 Å². The monoisotopic (exact) mass is 634 g/mol. The third kappa shape index (κ3) is 5.38. The molecule has 0 heterocycles. The van der Waals surface area contributed by atoms with E-state index in [-0.39, 0.29) is 0 Å². The van der Waals surface area contributed by atoms with E-state index in [1.165, 1.54) is 88.0 Å². The lowest BCUT2D eigenvalue weighted by Gasteiger charge is -2.18. The van der Waals surface area contributed by atoms with Crippen molar-refractivity contribution >= 4 is 44.5 Å². The Morgan fingerprint density at radius 2 is 0.640 bits per heavy atom. The quantitative estimate of drug-likeness (QED) is 0.126. The van der Waals surface area contributed by atoms with Gasteiger partial charge in [-0.1, -0.05) is 206 Å². The molecular formula is C50H34. The average molecular weight is 635 g/mol. The summed E-state index contributed by atoms with van der Waals surface area (Å²) in [5.41, 5.74) is 12.4. The molecule has 9 aromatic rings.